The Labute approximate surface area is 125 Å². The monoisotopic (exact) mass is 325 g/mol. The fourth-order valence-electron chi connectivity index (χ4n) is 2.57. The Bertz CT molecular complexity index is 423. The van der Waals surface area contributed by atoms with Crippen LogP contribution in [0.15, 0.2) is 6.07 Å². The van der Waals surface area contributed by atoms with E-state index in [0.29, 0.717) is 10.7 Å². The largest absolute Gasteiger partial charge is 0.341 e. The molecule has 0 spiro atoms. The molecule has 4 heteroatoms. The molecule has 1 aliphatic heterocycles. The van der Waals surface area contributed by atoms with Gasteiger partial charge in [0.1, 0.15) is 0 Å². The highest BCUT2D eigenvalue weighted by atomic mass is 79.9. The molecule has 1 fully saturated rings. The second kappa shape index (κ2) is 6.21. The maximum absolute atomic E-state index is 4.73. The van der Waals surface area contributed by atoms with Crippen LogP contribution < -0.4 is 4.90 Å². The number of aromatic nitrogens is 2. The Morgan fingerprint density at radius 2 is 1.84 bits per heavy atom. The quantitative estimate of drug-likeness (QED) is 0.789. The molecule has 0 N–H and O–H groups in total. The van der Waals surface area contributed by atoms with Crippen molar-refractivity contribution in [2.75, 3.05) is 18.0 Å². The summed E-state index contributed by atoms with van der Waals surface area (Å²) in [6.45, 7) is 10.8. The molecule has 0 aliphatic carbocycles. The zero-order valence-corrected chi connectivity index (χ0v) is 13.9. The smallest absolute Gasteiger partial charge is 0.225 e. The maximum atomic E-state index is 4.73. The van der Waals surface area contributed by atoms with Crippen molar-refractivity contribution >= 4 is 21.9 Å². The van der Waals surface area contributed by atoms with Crippen molar-refractivity contribution in [2.45, 2.75) is 51.3 Å². The lowest BCUT2D eigenvalue weighted by molar-refractivity contribution is 0.403. The van der Waals surface area contributed by atoms with E-state index in [2.05, 4.69) is 59.6 Å². The number of aryl methyl sites for hydroxylation is 1. The first kappa shape index (κ1) is 14.8. The first-order chi connectivity index (χ1) is 8.97. The molecule has 3 nitrogen and oxygen atoms in total. The van der Waals surface area contributed by atoms with Gasteiger partial charge in [-0.1, -0.05) is 36.7 Å². The summed E-state index contributed by atoms with van der Waals surface area (Å²) in [7, 11) is 0. The van der Waals surface area contributed by atoms with E-state index < -0.39 is 0 Å². The van der Waals surface area contributed by atoms with Crippen LogP contribution in [0.2, 0.25) is 0 Å². The molecule has 0 amide bonds. The van der Waals surface area contributed by atoms with E-state index >= 15 is 0 Å². The van der Waals surface area contributed by atoms with E-state index in [-0.39, 0.29) is 0 Å². The Morgan fingerprint density at radius 3 is 2.37 bits per heavy atom. The van der Waals surface area contributed by atoms with Crippen molar-refractivity contribution in [1.82, 2.24) is 9.97 Å². The molecule has 1 unspecified atom stereocenters. The molecule has 1 aliphatic rings. The molecule has 0 bridgehead atoms. The number of halogens is 1. The molecule has 2 heterocycles. The minimum absolute atomic E-state index is 0.459. The van der Waals surface area contributed by atoms with Crippen molar-refractivity contribution in [1.29, 1.82) is 0 Å². The summed E-state index contributed by atoms with van der Waals surface area (Å²) in [6, 6.07) is 2.10. The van der Waals surface area contributed by atoms with Gasteiger partial charge in [0.25, 0.3) is 0 Å². The zero-order chi connectivity index (χ0) is 14.0. The molecule has 1 aromatic heterocycles. The molecule has 1 atom stereocenters. The van der Waals surface area contributed by atoms with Crippen molar-refractivity contribution in [3.05, 3.63) is 17.5 Å². The topological polar surface area (TPSA) is 29.0 Å². The number of alkyl halides is 1. The lowest BCUT2D eigenvalue weighted by Gasteiger charge is -2.33. The second-order valence-electron chi connectivity index (χ2n) is 5.89. The highest BCUT2D eigenvalue weighted by Crippen LogP contribution is 2.27. The maximum Gasteiger partial charge on any atom is 0.225 e. The van der Waals surface area contributed by atoms with Gasteiger partial charge in [-0.05, 0) is 37.7 Å². The van der Waals surface area contributed by atoms with Crippen LogP contribution in [0.3, 0.4) is 0 Å². The van der Waals surface area contributed by atoms with E-state index in [0.717, 1.165) is 36.3 Å². The number of nitrogens with zero attached hydrogens (tertiary/aromatic N) is 3. The van der Waals surface area contributed by atoms with E-state index in [4.69, 9.17) is 4.98 Å². The van der Waals surface area contributed by atoms with Crippen LogP contribution in [0.4, 0.5) is 5.95 Å². The third kappa shape index (κ3) is 3.68. The molecular formula is C15H24BrN3. The summed E-state index contributed by atoms with van der Waals surface area (Å²) >= 11 is 3.70. The average Bonchev–Trinajstić information content (AvgIpc) is 2.38. The fraction of sp³-hybridized carbons (Fsp3) is 0.733. The predicted octanol–water partition coefficient (Wildman–Crippen LogP) is 3.91. The van der Waals surface area contributed by atoms with Gasteiger partial charge < -0.3 is 4.90 Å². The van der Waals surface area contributed by atoms with Crippen LogP contribution in [0, 0.1) is 12.8 Å². The molecule has 19 heavy (non-hydrogen) atoms. The molecular weight excluding hydrogens is 302 g/mol. The van der Waals surface area contributed by atoms with Crippen LogP contribution in [-0.4, -0.2) is 27.9 Å². The highest BCUT2D eigenvalue weighted by molar-refractivity contribution is 9.09. The Balaban J connectivity index is 2.11. The van der Waals surface area contributed by atoms with Gasteiger partial charge in [0.2, 0.25) is 5.95 Å². The van der Waals surface area contributed by atoms with E-state index in [1.165, 1.54) is 12.8 Å². The van der Waals surface area contributed by atoms with Crippen LogP contribution in [0.5, 0.6) is 0 Å². The second-order valence-corrected chi connectivity index (χ2v) is 7.34. The molecule has 0 saturated carbocycles. The number of hydrogen-bond acceptors (Lipinski definition) is 3. The van der Waals surface area contributed by atoms with Gasteiger partial charge >= 0.3 is 0 Å². The third-order valence-electron chi connectivity index (χ3n) is 3.93. The van der Waals surface area contributed by atoms with Crippen molar-refractivity contribution in [3.8, 4) is 0 Å². The molecule has 1 aromatic rings. The van der Waals surface area contributed by atoms with Gasteiger partial charge in [-0.3, -0.25) is 0 Å². The van der Waals surface area contributed by atoms with Crippen molar-refractivity contribution in [2.24, 2.45) is 5.92 Å². The summed E-state index contributed by atoms with van der Waals surface area (Å²) in [4.78, 5) is 12.3. The van der Waals surface area contributed by atoms with Crippen LogP contribution in [-0.2, 0) is 0 Å². The molecule has 106 valence electrons. The lowest BCUT2D eigenvalue weighted by Crippen LogP contribution is -2.37. The third-order valence-corrected chi connectivity index (χ3v) is 4.67. The molecule has 0 radical (unpaired) electrons. The van der Waals surface area contributed by atoms with E-state index in [1.807, 2.05) is 0 Å². The minimum atomic E-state index is 0.459. The average molecular weight is 326 g/mol. The zero-order valence-electron chi connectivity index (χ0n) is 12.4. The summed E-state index contributed by atoms with van der Waals surface area (Å²) in [5.41, 5.74) is 2.23. The standard InChI is InChI=1S/C15H24BrN3/c1-10(2)14-9-11(3)17-15(18-14)19-7-5-13(6-8-19)12(4)16/h9-10,12-13H,5-8H2,1-4H3. The summed E-state index contributed by atoms with van der Waals surface area (Å²) in [5.74, 6) is 2.16. The summed E-state index contributed by atoms with van der Waals surface area (Å²) in [6.07, 6.45) is 2.45. The number of piperidine rings is 1. The van der Waals surface area contributed by atoms with Gasteiger partial charge in [-0.15, -0.1) is 0 Å². The van der Waals surface area contributed by atoms with Gasteiger partial charge in [0.05, 0.1) is 0 Å². The van der Waals surface area contributed by atoms with Gasteiger partial charge in [0.15, 0.2) is 0 Å². The Hall–Kier alpha value is -0.640. The number of rotatable bonds is 3. The predicted molar refractivity (Wildman–Crippen MR) is 84.2 cm³/mol. The fourth-order valence-corrected chi connectivity index (χ4v) is 3.10. The van der Waals surface area contributed by atoms with Gasteiger partial charge in [0, 0.05) is 29.3 Å². The van der Waals surface area contributed by atoms with Crippen molar-refractivity contribution in [3.63, 3.8) is 0 Å². The van der Waals surface area contributed by atoms with Crippen LogP contribution in [0.25, 0.3) is 0 Å². The van der Waals surface area contributed by atoms with Crippen LogP contribution >= 0.6 is 15.9 Å². The normalized spacial score (nSPS) is 18.9. The minimum Gasteiger partial charge on any atom is -0.341 e. The number of hydrogen-bond donors (Lipinski definition) is 0. The Morgan fingerprint density at radius 1 is 1.21 bits per heavy atom. The van der Waals surface area contributed by atoms with Crippen LogP contribution in [0.1, 0.15) is 50.9 Å². The van der Waals surface area contributed by atoms with E-state index in [9.17, 15) is 0 Å². The SMILES string of the molecule is Cc1cc(C(C)C)nc(N2CCC(C(C)Br)CC2)n1. The summed E-state index contributed by atoms with van der Waals surface area (Å²) < 4.78 is 0. The molecule has 2 rings (SSSR count). The van der Waals surface area contributed by atoms with Gasteiger partial charge in [-0.2, -0.15) is 0 Å². The lowest BCUT2D eigenvalue weighted by atomic mass is 9.94. The first-order valence-corrected chi connectivity index (χ1v) is 8.13. The first-order valence-electron chi connectivity index (χ1n) is 7.22. The molecule has 0 aromatic carbocycles. The highest BCUT2D eigenvalue weighted by Gasteiger charge is 2.24. The molecule has 1 saturated heterocycles. The van der Waals surface area contributed by atoms with E-state index in [1.54, 1.807) is 0 Å². The Kier molecular flexibility index (Phi) is 4.82. The van der Waals surface area contributed by atoms with Crippen molar-refractivity contribution < 1.29 is 0 Å². The number of anilines is 1. The summed E-state index contributed by atoms with van der Waals surface area (Å²) in [5, 5.41) is 0. The van der Waals surface area contributed by atoms with Gasteiger partial charge in [-0.25, -0.2) is 9.97 Å².